The van der Waals surface area contributed by atoms with Crippen LogP contribution in [0.3, 0.4) is 0 Å². The number of benzene rings is 2. The first-order valence-corrected chi connectivity index (χ1v) is 11.5. The second-order valence-corrected chi connectivity index (χ2v) is 8.87. The number of hydrogen-bond acceptors (Lipinski definition) is 4. The van der Waals surface area contributed by atoms with Crippen molar-refractivity contribution in [2.45, 2.75) is 64.9 Å². The Kier molecular flexibility index (Phi) is 10.6. The van der Waals surface area contributed by atoms with Gasteiger partial charge in [0, 0.05) is 19.0 Å². The number of hydrogen-bond donors (Lipinski definition) is 2. The van der Waals surface area contributed by atoms with Gasteiger partial charge in [0.2, 0.25) is 0 Å². The van der Waals surface area contributed by atoms with Gasteiger partial charge in [-0.25, -0.2) is 4.79 Å². The lowest BCUT2D eigenvalue weighted by Gasteiger charge is -2.27. The van der Waals surface area contributed by atoms with E-state index in [0.29, 0.717) is 25.0 Å². The molecule has 0 aromatic heterocycles. The molecule has 2 aromatic carbocycles. The Morgan fingerprint density at radius 3 is 2.06 bits per heavy atom. The fourth-order valence-electron chi connectivity index (χ4n) is 3.95. The molecule has 0 radical (unpaired) electrons. The van der Waals surface area contributed by atoms with Crippen LogP contribution in [-0.4, -0.2) is 45.8 Å². The predicted molar refractivity (Wildman–Crippen MR) is 125 cm³/mol. The van der Waals surface area contributed by atoms with Crippen molar-refractivity contribution in [2.75, 3.05) is 6.54 Å². The maximum absolute atomic E-state index is 10.6. The number of nitrogens with zero attached hydrogens (tertiary/aromatic N) is 1. The van der Waals surface area contributed by atoms with Gasteiger partial charge in [0.15, 0.2) is 0 Å². The summed E-state index contributed by atoms with van der Waals surface area (Å²) in [6, 6.07) is 17.1. The lowest BCUT2D eigenvalue weighted by molar-refractivity contribution is -0.192. The summed E-state index contributed by atoms with van der Waals surface area (Å²) >= 11 is 0. The van der Waals surface area contributed by atoms with E-state index in [4.69, 9.17) is 19.7 Å². The summed E-state index contributed by atoms with van der Waals surface area (Å²) < 4.78 is 37.6. The van der Waals surface area contributed by atoms with Crippen molar-refractivity contribution in [2.24, 2.45) is 5.92 Å². The minimum absolute atomic E-state index is 0.155. The minimum atomic E-state index is -5.08. The monoisotopic (exact) mass is 495 g/mol. The van der Waals surface area contributed by atoms with Crippen LogP contribution < -0.4 is 4.74 Å². The number of alkyl halides is 3. The normalized spacial score (nSPS) is 16.0. The molecule has 6 nitrogen and oxygen atoms in total. The molecule has 0 spiro atoms. The first kappa shape index (κ1) is 28.2. The molecular formula is C26H32F3NO5. The first-order chi connectivity index (χ1) is 16.5. The third-order valence-electron chi connectivity index (χ3n) is 5.79. The average molecular weight is 496 g/mol. The van der Waals surface area contributed by atoms with E-state index >= 15 is 0 Å². The number of ether oxygens (including phenoxy) is 1. The first-order valence-electron chi connectivity index (χ1n) is 11.5. The molecule has 1 heterocycles. The highest BCUT2D eigenvalue weighted by atomic mass is 19.4. The van der Waals surface area contributed by atoms with Crippen LogP contribution in [0.1, 0.15) is 49.8 Å². The fourth-order valence-corrected chi connectivity index (χ4v) is 3.95. The van der Waals surface area contributed by atoms with Crippen LogP contribution in [0.15, 0.2) is 48.5 Å². The lowest BCUT2D eigenvalue weighted by Crippen LogP contribution is -2.32. The molecule has 1 aliphatic rings. The van der Waals surface area contributed by atoms with Crippen LogP contribution in [0.4, 0.5) is 13.2 Å². The van der Waals surface area contributed by atoms with E-state index in [-0.39, 0.29) is 6.42 Å². The summed E-state index contributed by atoms with van der Waals surface area (Å²) in [5.74, 6) is -2.01. The van der Waals surface area contributed by atoms with Crippen molar-refractivity contribution >= 4 is 11.9 Å². The molecule has 0 saturated carbocycles. The van der Waals surface area contributed by atoms with Crippen LogP contribution >= 0.6 is 0 Å². The van der Waals surface area contributed by atoms with Crippen molar-refractivity contribution in [1.82, 2.24) is 4.90 Å². The Hall–Kier alpha value is -3.07. The molecule has 2 N–H and O–H groups in total. The molecule has 0 aliphatic carbocycles. The van der Waals surface area contributed by atoms with Crippen LogP contribution in [-0.2, 0) is 29.2 Å². The molecule has 3 rings (SSSR count). The summed E-state index contributed by atoms with van der Waals surface area (Å²) in [7, 11) is 0. The fraction of sp³-hybridized carbons (Fsp3) is 0.462. The highest BCUT2D eigenvalue weighted by Gasteiger charge is 2.38. The van der Waals surface area contributed by atoms with Crippen molar-refractivity contribution < 1.29 is 37.7 Å². The summed E-state index contributed by atoms with van der Waals surface area (Å²) in [6.45, 7) is 7.41. The Bertz CT molecular complexity index is 943. The average Bonchev–Trinajstić information content (AvgIpc) is 3.26. The molecule has 1 unspecified atom stereocenters. The number of aliphatic carboxylic acids is 2. The van der Waals surface area contributed by atoms with Gasteiger partial charge < -0.3 is 14.9 Å². The highest BCUT2D eigenvalue weighted by Crippen LogP contribution is 2.25. The minimum Gasteiger partial charge on any atom is -0.489 e. The summed E-state index contributed by atoms with van der Waals surface area (Å²) in [5, 5.41) is 15.9. The molecule has 1 fully saturated rings. The van der Waals surface area contributed by atoms with E-state index in [2.05, 4.69) is 43.0 Å². The molecule has 1 atom stereocenters. The smallest absolute Gasteiger partial charge is 0.489 e. The van der Waals surface area contributed by atoms with Gasteiger partial charge in [0.05, 0.1) is 0 Å². The van der Waals surface area contributed by atoms with Gasteiger partial charge in [0.1, 0.15) is 12.4 Å². The third kappa shape index (κ3) is 9.98. The van der Waals surface area contributed by atoms with E-state index in [1.54, 1.807) is 0 Å². The molecule has 2 aromatic rings. The van der Waals surface area contributed by atoms with E-state index in [1.807, 2.05) is 24.3 Å². The van der Waals surface area contributed by atoms with Gasteiger partial charge in [0.25, 0.3) is 0 Å². The number of aryl methyl sites for hydroxylation is 1. The Morgan fingerprint density at radius 2 is 1.54 bits per heavy atom. The molecule has 1 aliphatic heterocycles. The second-order valence-electron chi connectivity index (χ2n) is 8.87. The van der Waals surface area contributed by atoms with Crippen LogP contribution in [0.25, 0.3) is 0 Å². The quantitative estimate of drug-likeness (QED) is 0.475. The number of carboxylic acids is 2. The molecule has 35 heavy (non-hydrogen) atoms. The van der Waals surface area contributed by atoms with Crippen molar-refractivity contribution in [3.8, 4) is 5.75 Å². The highest BCUT2D eigenvalue weighted by molar-refractivity contribution is 5.73. The zero-order valence-corrected chi connectivity index (χ0v) is 19.9. The number of carboxylic acid groups (broad SMARTS) is 2. The zero-order chi connectivity index (χ0) is 26.0. The molecule has 0 bridgehead atoms. The lowest BCUT2D eigenvalue weighted by atomic mass is 10.0. The van der Waals surface area contributed by atoms with E-state index in [1.165, 1.54) is 24.9 Å². The van der Waals surface area contributed by atoms with Gasteiger partial charge in [-0.3, -0.25) is 9.69 Å². The predicted octanol–water partition coefficient (Wildman–Crippen LogP) is 5.54. The number of rotatable bonds is 9. The largest absolute Gasteiger partial charge is 0.490 e. The van der Waals surface area contributed by atoms with Crippen LogP contribution in [0.2, 0.25) is 0 Å². The SMILES string of the molecule is CC(C)C1CCCN1Cc1ccc(COc2ccc(CCC(=O)O)cc2)cc1.O=C(O)C(F)(F)F. The molecule has 192 valence electrons. The summed E-state index contributed by atoms with van der Waals surface area (Å²) in [6.07, 6.45) is -1.75. The standard InChI is InChI=1S/C24H31NO3.C2HF3O2/c1-18(2)23-4-3-15-25(23)16-20-5-7-21(8-6-20)17-28-22-12-9-19(10-13-22)11-14-24(26)27;3-2(4,5)1(6)7/h5-10,12-13,18,23H,3-4,11,14-17H2,1-2H3,(H,26,27);(H,6,7). The molecule has 9 heteroatoms. The van der Waals surface area contributed by atoms with Crippen molar-refractivity contribution in [1.29, 1.82) is 0 Å². The maximum atomic E-state index is 10.6. The van der Waals surface area contributed by atoms with Gasteiger partial charge in [-0.05, 0) is 60.5 Å². The Labute approximate surface area is 203 Å². The summed E-state index contributed by atoms with van der Waals surface area (Å²) in [4.78, 5) is 22.1. The molecule has 0 amide bonds. The molecular weight excluding hydrogens is 463 g/mol. The third-order valence-corrected chi connectivity index (χ3v) is 5.79. The van der Waals surface area contributed by atoms with Gasteiger partial charge in [-0.2, -0.15) is 13.2 Å². The van der Waals surface area contributed by atoms with Gasteiger partial charge >= 0.3 is 18.1 Å². The van der Waals surface area contributed by atoms with Gasteiger partial charge in [-0.15, -0.1) is 0 Å². The second kappa shape index (κ2) is 13.1. The Balaban J connectivity index is 0.000000540. The number of halogens is 3. The van der Waals surface area contributed by atoms with Crippen molar-refractivity contribution in [3.63, 3.8) is 0 Å². The Morgan fingerprint density at radius 1 is 1.00 bits per heavy atom. The van der Waals surface area contributed by atoms with Crippen LogP contribution in [0, 0.1) is 5.92 Å². The number of carbonyl (C=O) groups is 2. The van der Waals surface area contributed by atoms with E-state index < -0.39 is 18.1 Å². The van der Waals surface area contributed by atoms with E-state index in [0.717, 1.165) is 23.4 Å². The maximum Gasteiger partial charge on any atom is 0.490 e. The topological polar surface area (TPSA) is 87.1 Å². The van der Waals surface area contributed by atoms with E-state index in [9.17, 15) is 18.0 Å². The summed E-state index contributed by atoms with van der Waals surface area (Å²) in [5.41, 5.74) is 3.53. The van der Waals surface area contributed by atoms with Gasteiger partial charge in [-0.1, -0.05) is 50.2 Å². The zero-order valence-electron chi connectivity index (χ0n) is 19.9. The molecule has 1 saturated heterocycles. The van der Waals surface area contributed by atoms with Crippen LogP contribution in [0.5, 0.6) is 5.75 Å². The number of likely N-dealkylation sites (tertiary alicyclic amines) is 1. The van der Waals surface area contributed by atoms with Crippen molar-refractivity contribution in [3.05, 3.63) is 65.2 Å².